The number of nitrogens with one attached hydrogen (secondary N) is 2. The van der Waals surface area contributed by atoms with Gasteiger partial charge in [-0.2, -0.15) is 4.72 Å². The number of halogens is 2. The molecule has 0 aliphatic carbocycles. The maximum atomic E-state index is 13.0. The number of benzene rings is 1. The molecule has 0 radical (unpaired) electrons. The average Bonchev–Trinajstić information content (AvgIpc) is 2.36. The molecular formula is C11H10ClFN2O4S. The van der Waals surface area contributed by atoms with Crippen molar-refractivity contribution in [2.75, 3.05) is 0 Å². The van der Waals surface area contributed by atoms with Crippen LogP contribution in [0.25, 0.3) is 0 Å². The van der Waals surface area contributed by atoms with Gasteiger partial charge in [0.25, 0.3) is 0 Å². The van der Waals surface area contributed by atoms with Gasteiger partial charge in [0.2, 0.25) is 21.8 Å². The first-order chi connectivity index (χ1) is 9.29. The van der Waals surface area contributed by atoms with E-state index < -0.39 is 33.7 Å². The minimum absolute atomic E-state index is 0.0447. The van der Waals surface area contributed by atoms with Crippen molar-refractivity contribution in [2.45, 2.75) is 23.8 Å². The molecule has 1 saturated heterocycles. The highest BCUT2D eigenvalue weighted by atomic mass is 35.5. The third-order valence-electron chi connectivity index (χ3n) is 2.74. The highest BCUT2D eigenvalue weighted by Crippen LogP contribution is 2.20. The van der Waals surface area contributed by atoms with Gasteiger partial charge in [0.15, 0.2) is 0 Å². The Kier molecular flexibility index (Phi) is 4.07. The van der Waals surface area contributed by atoms with Gasteiger partial charge in [-0.05, 0) is 24.6 Å². The van der Waals surface area contributed by atoms with Crippen molar-refractivity contribution >= 4 is 33.4 Å². The number of imide groups is 1. The van der Waals surface area contributed by atoms with Crippen LogP contribution in [0.2, 0.25) is 5.02 Å². The van der Waals surface area contributed by atoms with Crippen molar-refractivity contribution in [3.05, 3.63) is 29.0 Å². The van der Waals surface area contributed by atoms with E-state index in [0.717, 1.165) is 18.2 Å². The smallest absolute Gasteiger partial charge is 0.244 e. The predicted octanol–water partition coefficient (Wildman–Crippen LogP) is 0.563. The number of carbonyl (C=O) groups excluding carboxylic acids is 2. The van der Waals surface area contributed by atoms with Crippen LogP contribution in [-0.2, 0) is 19.6 Å². The van der Waals surface area contributed by atoms with Gasteiger partial charge in [-0.15, -0.1) is 0 Å². The van der Waals surface area contributed by atoms with Crippen molar-refractivity contribution in [3.8, 4) is 0 Å². The number of rotatable bonds is 3. The van der Waals surface area contributed by atoms with Gasteiger partial charge in [-0.3, -0.25) is 14.9 Å². The van der Waals surface area contributed by atoms with Crippen molar-refractivity contribution in [2.24, 2.45) is 0 Å². The van der Waals surface area contributed by atoms with E-state index in [4.69, 9.17) is 11.6 Å². The number of carbonyl (C=O) groups is 2. The number of hydrogen-bond donors (Lipinski definition) is 2. The van der Waals surface area contributed by atoms with Crippen LogP contribution in [0.5, 0.6) is 0 Å². The third-order valence-corrected chi connectivity index (χ3v) is 4.50. The molecule has 6 nitrogen and oxygen atoms in total. The Bertz CT molecular complexity index is 677. The molecule has 2 rings (SSSR count). The lowest BCUT2D eigenvalue weighted by Crippen LogP contribution is -2.52. The van der Waals surface area contributed by atoms with E-state index in [1.807, 2.05) is 5.32 Å². The van der Waals surface area contributed by atoms with Crippen molar-refractivity contribution in [1.29, 1.82) is 0 Å². The first-order valence-corrected chi connectivity index (χ1v) is 7.47. The van der Waals surface area contributed by atoms with Gasteiger partial charge >= 0.3 is 0 Å². The number of amides is 2. The first kappa shape index (κ1) is 14.9. The zero-order chi connectivity index (χ0) is 14.9. The van der Waals surface area contributed by atoms with E-state index in [1.165, 1.54) is 0 Å². The van der Waals surface area contributed by atoms with Gasteiger partial charge in [0, 0.05) is 6.42 Å². The first-order valence-electron chi connectivity index (χ1n) is 5.60. The second-order valence-corrected chi connectivity index (χ2v) is 6.32. The van der Waals surface area contributed by atoms with Crippen LogP contribution in [0.4, 0.5) is 4.39 Å². The summed E-state index contributed by atoms with van der Waals surface area (Å²) in [5, 5.41) is 1.70. The molecule has 2 amide bonds. The van der Waals surface area contributed by atoms with Gasteiger partial charge in [0.05, 0.1) is 9.92 Å². The lowest BCUT2D eigenvalue weighted by atomic mass is 10.1. The van der Waals surface area contributed by atoms with Crippen molar-refractivity contribution < 1.29 is 22.4 Å². The summed E-state index contributed by atoms with van der Waals surface area (Å²) in [7, 11) is -4.02. The van der Waals surface area contributed by atoms with Crippen molar-refractivity contribution in [1.82, 2.24) is 10.0 Å². The fraction of sp³-hybridized carbons (Fsp3) is 0.273. The number of piperidine rings is 1. The third kappa shape index (κ3) is 3.14. The molecule has 2 N–H and O–H groups in total. The molecule has 1 aromatic rings. The van der Waals surface area contributed by atoms with Crippen LogP contribution < -0.4 is 10.0 Å². The molecule has 1 aromatic carbocycles. The summed E-state index contributed by atoms with van der Waals surface area (Å²) in [4.78, 5) is 22.2. The normalized spacial score (nSPS) is 19.8. The standard InChI is InChI=1S/C11H10ClFN2O4S/c12-7-5-6(1-2-8(7)13)20(18,19)15-9-3-4-10(16)14-11(9)17/h1-2,5,9,15H,3-4H2,(H,14,16,17). The van der Waals surface area contributed by atoms with Gasteiger partial charge < -0.3 is 0 Å². The Balaban J connectivity index is 2.21. The monoisotopic (exact) mass is 320 g/mol. The van der Waals surface area contributed by atoms with Crippen LogP contribution in [-0.4, -0.2) is 26.3 Å². The Morgan fingerprint density at radius 3 is 2.65 bits per heavy atom. The Labute approximate surface area is 119 Å². The molecule has 0 spiro atoms. The highest BCUT2D eigenvalue weighted by Gasteiger charge is 2.30. The fourth-order valence-corrected chi connectivity index (χ4v) is 3.21. The molecule has 1 aliphatic heterocycles. The molecule has 0 bridgehead atoms. The fourth-order valence-electron chi connectivity index (χ4n) is 1.71. The lowest BCUT2D eigenvalue weighted by Gasteiger charge is -2.21. The van der Waals surface area contributed by atoms with E-state index >= 15 is 0 Å². The largest absolute Gasteiger partial charge is 0.295 e. The number of sulfonamides is 1. The van der Waals surface area contributed by atoms with Crippen LogP contribution in [0.3, 0.4) is 0 Å². The topological polar surface area (TPSA) is 92.3 Å². The molecule has 20 heavy (non-hydrogen) atoms. The lowest BCUT2D eigenvalue weighted by molar-refractivity contribution is -0.134. The summed E-state index contributed by atoms with van der Waals surface area (Å²) in [6, 6.07) is 1.86. The summed E-state index contributed by atoms with van der Waals surface area (Å²) in [5.74, 6) is -1.90. The second kappa shape index (κ2) is 5.47. The molecule has 1 aliphatic rings. The van der Waals surface area contributed by atoms with E-state index in [-0.39, 0.29) is 22.8 Å². The average molecular weight is 321 g/mol. The summed E-state index contributed by atoms with van der Waals surface area (Å²) < 4.78 is 39.2. The minimum atomic E-state index is -4.02. The van der Waals surface area contributed by atoms with E-state index in [9.17, 15) is 22.4 Å². The summed E-state index contributed by atoms with van der Waals surface area (Å²) in [6.07, 6.45) is 0.113. The van der Waals surface area contributed by atoms with Crippen LogP contribution >= 0.6 is 11.6 Å². The molecule has 108 valence electrons. The summed E-state index contributed by atoms with van der Waals surface area (Å²) in [6.45, 7) is 0. The molecule has 9 heteroatoms. The maximum Gasteiger partial charge on any atom is 0.244 e. The van der Waals surface area contributed by atoms with Crippen LogP contribution in [0.15, 0.2) is 23.1 Å². The maximum absolute atomic E-state index is 13.0. The van der Waals surface area contributed by atoms with Gasteiger partial charge in [0.1, 0.15) is 11.9 Å². The zero-order valence-corrected chi connectivity index (χ0v) is 11.6. The van der Waals surface area contributed by atoms with E-state index in [1.54, 1.807) is 0 Å². The molecule has 1 heterocycles. The molecule has 0 aromatic heterocycles. The Morgan fingerprint density at radius 2 is 2.05 bits per heavy atom. The Hall–Kier alpha value is -1.51. The van der Waals surface area contributed by atoms with E-state index in [0.29, 0.717) is 0 Å². The van der Waals surface area contributed by atoms with Crippen LogP contribution in [0, 0.1) is 5.82 Å². The van der Waals surface area contributed by atoms with Gasteiger partial charge in [-0.25, -0.2) is 12.8 Å². The molecule has 1 unspecified atom stereocenters. The quantitative estimate of drug-likeness (QED) is 0.796. The summed E-state index contributed by atoms with van der Waals surface area (Å²) in [5.41, 5.74) is 0. The summed E-state index contributed by atoms with van der Waals surface area (Å²) >= 11 is 5.52. The van der Waals surface area contributed by atoms with Gasteiger partial charge in [-0.1, -0.05) is 11.6 Å². The second-order valence-electron chi connectivity index (χ2n) is 4.20. The molecular weight excluding hydrogens is 311 g/mol. The zero-order valence-electron chi connectivity index (χ0n) is 10.0. The Morgan fingerprint density at radius 1 is 1.35 bits per heavy atom. The van der Waals surface area contributed by atoms with E-state index in [2.05, 4.69) is 4.72 Å². The molecule has 1 fully saturated rings. The minimum Gasteiger partial charge on any atom is -0.295 e. The molecule has 0 saturated carbocycles. The molecule has 1 atom stereocenters. The predicted molar refractivity (Wildman–Crippen MR) is 67.9 cm³/mol. The van der Waals surface area contributed by atoms with Crippen LogP contribution in [0.1, 0.15) is 12.8 Å². The van der Waals surface area contributed by atoms with Crippen molar-refractivity contribution in [3.63, 3.8) is 0 Å². The number of hydrogen-bond acceptors (Lipinski definition) is 4. The highest BCUT2D eigenvalue weighted by molar-refractivity contribution is 7.89. The SMILES string of the molecule is O=C1CCC(NS(=O)(=O)c2ccc(F)c(Cl)c2)C(=O)N1.